The zero-order chi connectivity index (χ0) is 16.8. The van der Waals surface area contributed by atoms with Gasteiger partial charge in [-0.2, -0.15) is 0 Å². The van der Waals surface area contributed by atoms with Gasteiger partial charge in [-0.25, -0.2) is 4.98 Å². The van der Waals surface area contributed by atoms with Crippen LogP contribution in [0, 0.1) is 5.92 Å². The van der Waals surface area contributed by atoms with Crippen LogP contribution in [0.2, 0.25) is 0 Å². The van der Waals surface area contributed by atoms with Crippen LogP contribution in [0.4, 0.5) is 0 Å². The molecule has 1 atom stereocenters. The van der Waals surface area contributed by atoms with Crippen LogP contribution < -0.4 is 11.1 Å². The van der Waals surface area contributed by atoms with Gasteiger partial charge < -0.3 is 15.5 Å². The zero-order valence-electron chi connectivity index (χ0n) is 13.8. The van der Waals surface area contributed by atoms with Gasteiger partial charge in [0.25, 0.3) is 0 Å². The Kier molecular flexibility index (Phi) is 5.61. The molecule has 1 unspecified atom stereocenters. The summed E-state index contributed by atoms with van der Waals surface area (Å²) in [7, 11) is 0. The summed E-state index contributed by atoms with van der Waals surface area (Å²) >= 11 is 0. The van der Waals surface area contributed by atoms with Gasteiger partial charge in [-0.1, -0.05) is 18.2 Å². The maximum atomic E-state index is 12.1. The number of hydrogen-bond donors (Lipinski definition) is 2. The molecule has 6 heteroatoms. The van der Waals surface area contributed by atoms with Crippen LogP contribution in [-0.4, -0.2) is 42.0 Å². The molecule has 1 aromatic carbocycles. The summed E-state index contributed by atoms with van der Waals surface area (Å²) in [6.07, 6.45) is 3.66. The third-order valence-electron chi connectivity index (χ3n) is 4.28. The smallest absolute Gasteiger partial charge is 0.226 e. The quantitative estimate of drug-likeness (QED) is 0.842. The molecule has 2 aromatic rings. The molecule has 0 radical (unpaired) electrons. The molecule has 0 bridgehead atoms. The van der Waals surface area contributed by atoms with Gasteiger partial charge in [-0.05, 0) is 31.5 Å². The maximum absolute atomic E-state index is 12.1. The van der Waals surface area contributed by atoms with E-state index in [0.717, 1.165) is 37.2 Å². The topological polar surface area (TPSA) is 84.4 Å². The largest absolute Gasteiger partial charge is 0.444 e. The molecular weight excluding hydrogens is 304 g/mol. The number of amides is 1. The normalized spacial score (nSPS) is 18.5. The molecular formula is C18H24N4O2. The van der Waals surface area contributed by atoms with Gasteiger partial charge in [0.15, 0.2) is 0 Å². The van der Waals surface area contributed by atoms with E-state index in [2.05, 4.69) is 15.2 Å². The zero-order valence-corrected chi connectivity index (χ0v) is 13.8. The van der Waals surface area contributed by atoms with Crippen molar-refractivity contribution in [3.63, 3.8) is 0 Å². The Labute approximate surface area is 142 Å². The summed E-state index contributed by atoms with van der Waals surface area (Å²) in [5.41, 5.74) is 7.32. The number of nitrogens with zero attached hydrogens (tertiary/aromatic N) is 2. The van der Waals surface area contributed by atoms with E-state index >= 15 is 0 Å². The summed E-state index contributed by atoms with van der Waals surface area (Å²) in [6.45, 7) is 3.46. The predicted octanol–water partition coefficient (Wildman–Crippen LogP) is 1.63. The van der Waals surface area contributed by atoms with Gasteiger partial charge in [-0.3, -0.25) is 9.69 Å². The SMILES string of the molecule is NCCNC(=O)C1CCCN(Cc2coc(-c3ccccc3)n2)C1. The van der Waals surface area contributed by atoms with Crippen LogP contribution in [0.3, 0.4) is 0 Å². The van der Waals surface area contributed by atoms with Crippen LogP contribution in [-0.2, 0) is 11.3 Å². The number of likely N-dealkylation sites (tertiary alicyclic amines) is 1. The first-order chi connectivity index (χ1) is 11.8. The highest BCUT2D eigenvalue weighted by atomic mass is 16.3. The lowest BCUT2D eigenvalue weighted by atomic mass is 9.97. The molecule has 0 spiro atoms. The fraction of sp³-hybridized carbons (Fsp3) is 0.444. The number of oxazole rings is 1. The maximum Gasteiger partial charge on any atom is 0.226 e. The molecule has 0 aliphatic carbocycles. The Bertz CT molecular complexity index is 656. The van der Waals surface area contributed by atoms with Crippen molar-refractivity contribution in [1.82, 2.24) is 15.2 Å². The summed E-state index contributed by atoms with van der Waals surface area (Å²) in [5, 5.41) is 2.89. The van der Waals surface area contributed by atoms with E-state index in [1.807, 2.05) is 30.3 Å². The summed E-state index contributed by atoms with van der Waals surface area (Å²) in [6, 6.07) is 9.86. The number of hydrogen-bond acceptors (Lipinski definition) is 5. The third kappa shape index (κ3) is 4.21. The van der Waals surface area contributed by atoms with Crippen molar-refractivity contribution in [1.29, 1.82) is 0 Å². The van der Waals surface area contributed by atoms with Gasteiger partial charge in [0.2, 0.25) is 11.8 Å². The van der Waals surface area contributed by atoms with Crippen molar-refractivity contribution in [3.8, 4) is 11.5 Å². The lowest BCUT2D eigenvalue weighted by Crippen LogP contribution is -2.43. The Morgan fingerprint density at radius 2 is 2.21 bits per heavy atom. The van der Waals surface area contributed by atoms with E-state index in [1.54, 1.807) is 6.26 Å². The van der Waals surface area contributed by atoms with Gasteiger partial charge in [0.05, 0.1) is 11.6 Å². The summed E-state index contributed by atoms with van der Waals surface area (Å²) in [5.74, 6) is 0.779. The lowest BCUT2D eigenvalue weighted by Gasteiger charge is -2.31. The minimum atomic E-state index is 0.0331. The van der Waals surface area contributed by atoms with E-state index in [9.17, 15) is 4.79 Å². The molecule has 1 amide bonds. The molecule has 0 saturated carbocycles. The molecule has 2 heterocycles. The van der Waals surface area contributed by atoms with E-state index < -0.39 is 0 Å². The number of benzene rings is 1. The van der Waals surface area contributed by atoms with Crippen molar-refractivity contribution in [2.24, 2.45) is 11.7 Å². The molecule has 24 heavy (non-hydrogen) atoms. The summed E-state index contributed by atoms with van der Waals surface area (Å²) < 4.78 is 5.59. The average Bonchev–Trinajstić information content (AvgIpc) is 3.09. The van der Waals surface area contributed by atoms with Gasteiger partial charge in [0, 0.05) is 31.7 Å². The standard InChI is InChI=1S/C18H24N4O2/c19-8-9-20-17(23)15-7-4-10-22(11-15)12-16-13-24-18(21-16)14-5-2-1-3-6-14/h1-3,5-6,13,15H,4,7-12,19H2,(H,20,23). The first-order valence-electron chi connectivity index (χ1n) is 8.46. The Hall–Kier alpha value is -2.18. The monoisotopic (exact) mass is 328 g/mol. The van der Waals surface area contributed by atoms with E-state index in [1.165, 1.54) is 0 Å². The molecule has 6 nitrogen and oxygen atoms in total. The van der Waals surface area contributed by atoms with E-state index in [-0.39, 0.29) is 11.8 Å². The van der Waals surface area contributed by atoms with Gasteiger partial charge >= 0.3 is 0 Å². The highest BCUT2D eigenvalue weighted by molar-refractivity contribution is 5.78. The van der Waals surface area contributed by atoms with E-state index in [4.69, 9.17) is 10.2 Å². The number of nitrogens with two attached hydrogens (primary N) is 1. The molecule has 1 aliphatic heterocycles. The van der Waals surface area contributed by atoms with Crippen LogP contribution in [0.1, 0.15) is 18.5 Å². The first-order valence-corrected chi connectivity index (χ1v) is 8.46. The lowest BCUT2D eigenvalue weighted by molar-refractivity contribution is -0.126. The Balaban J connectivity index is 1.58. The summed E-state index contributed by atoms with van der Waals surface area (Å²) in [4.78, 5) is 19.0. The number of carbonyl (C=O) groups excluding carboxylic acids is 1. The third-order valence-corrected chi connectivity index (χ3v) is 4.28. The van der Waals surface area contributed by atoms with Crippen molar-refractivity contribution >= 4 is 5.91 Å². The van der Waals surface area contributed by atoms with Crippen molar-refractivity contribution in [2.45, 2.75) is 19.4 Å². The number of rotatable bonds is 6. The van der Waals surface area contributed by atoms with Crippen LogP contribution in [0.25, 0.3) is 11.5 Å². The molecule has 1 fully saturated rings. The molecule has 1 aliphatic rings. The van der Waals surface area contributed by atoms with Gasteiger partial charge in [-0.15, -0.1) is 0 Å². The van der Waals surface area contributed by atoms with Crippen LogP contribution in [0.5, 0.6) is 0 Å². The van der Waals surface area contributed by atoms with Crippen LogP contribution in [0.15, 0.2) is 41.0 Å². The fourth-order valence-corrected chi connectivity index (χ4v) is 3.07. The molecule has 1 aromatic heterocycles. The Morgan fingerprint density at radius 1 is 1.38 bits per heavy atom. The predicted molar refractivity (Wildman–Crippen MR) is 92.0 cm³/mol. The van der Waals surface area contributed by atoms with Crippen LogP contribution >= 0.6 is 0 Å². The second-order valence-electron chi connectivity index (χ2n) is 6.16. The van der Waals surface area contributed by atoms with Crippen molar-refractivity contribution in [3.05, 3.63) is 42.3 Å². The number of nitrogens with one attached hydrogen (secondary N) is 1. The highest BCUT2D eigenvalue weighted by Gasteiger charge is 2.26. The minimum absolute atomic E-state index is 0.0331. The first kappa shape index (κ1) is 16.7. The van der Waals surface area contributed by atoms with Gasteiger partial charge in [0.1, 0.15) is 6.26 Å². The fourth-order valence-electron chi connectivity index (χ4n) is 3.07. The van der Waals surface area contributed by atoms with E-state index in [0.29, 0.717) is 25.5 Å². The molecule has 3 rings (SSSR count). The van der Waals surface area contributed by atoms with Crippen molar-refractivity contribution < 1.29 is 9.21 Å². The molecule has 3 N–H and O–H groups in total. The number of piperidine rings is 1. The number of aromatic nitrogens is 1. The second kappa shape index (κ2) is 8.08. The minimum Gasteiger partial charge on any atom is -0.444 e. The molecule has 1 saturated heterocycles. The average molecular weight is 328 g/mol. The highest BCUT2D eigenvalue weighted by Crippen LogP contribution is 2.21. The second-order valence-corrected chi connectivity index (χ2v) is 6.16. The van der Waals surface area contributed by atoms with Crippen molar-refractivity contribution in [2.75, 3.05) is 26.2 Å². The number of carbonyl (C=O) groups is 1. The Morgan fingerprint density at radius 3 is 3.00 bits per heavy atom. The molecule has 128 valence electrons.